The number of hydrogen-bond donors (Lipinski definition) is 1. The lowest BCUT2D eigenvalue weighted by molar-refractivity contribution is -0.114. The van der Waals surface area contributed by atoms with E-state index in [1.165, 1.54) is 6.08 Å². The van der Waals surface area contributed by atoms with Gasteiger partial charge in [-0.2, -0.15) is 0 Å². The molecule has 22 heavy (non-hydrogen) atoms. The fourth-order valence-electron chi connectivity index (χ4n) is 2.45. The van der Waals surface area contributed by atoms with Gasteiger partial charge in [-0.05, 0) is 42.8 Å². The lowest BCUT2D eigenvalue weighted by atomic mass is 10.1. The highest BCUT2D eigenvalue weighted by Crippen LogP contribution is 2.34. The molecule has 1 aliphatic rings. The molecular formula is C17H18N2O3. The summed E-state index contributed by atoms with van der Waals surface area (Å²) in [6, 6.07) is 9.26. The Bertz CT molecular complexity index is 692. The predicted molar refractivity (Wildman–Crippen MR) is 84.5 cm³/mol. The van der Waals surface area contributed by atoms with Crippen LogP contribution in [0.1, 0.15) is 18.2 Å². The zero-order chi connectivity index (χ0) is 15.5. The second-order valence-electron chi connectivity index (χ2n) is 5.23. The normalized spacial score (nSPS) is 17.4. The quantitative estimate of drug-likeness (QED) is 0.884. The highest BCUT2D eigenvalue weighted by atomic mass is 16.5. The number of benzene rings is 1. The fraction of sp³-hybridized carbons (Fsp3) is 0.235. The molecule has 5 heteroatoms. The maximum Gasteiger partial charge on any atom is 0.251 e. The van der Waals surface area contributed by atoms with Crippen LogP contribution in [0.25, 0.3) is 6.08 Å². The van der Waals surface area contributed by atoms with Crippen molar-refractivity contribution in [1.29, 1.82) is 0 Å². The summed E-state index contributed by atoms with van der Waals surface area (Å²) < 4.78 is 11.0. The van der Waals surface area contributed by atoms with Crippen molar-refractivity contribution in [2.45, 2.75) is 19.6 Å². The van der Waals surface area contributed by atoms with E-state index in [1.54, 1.807) is 29.4 Å². The first kappa shape index (κ1) is 14.4. The molecule has 1 atom stereocenters. The van der Waals surface area contributed by atoms with Crippen LogP contribution in [0.4, 0.5) is 5.69 Å². The van der Waals surface area contributed by atoms with Crippen molar-refractivity contribution in [3.8, 4) is 5.75 Å². The molecule has 0 radical (unpaired) electrons. The van der Waals surface area contributed by atoms with E-state index in [4.69, 9.17) is 14.9 Å². The lowest BCUT2D eigenvalue weighted by Gasteiger charge is -2.33. The first-order valence-corrected chi connectivity index (χ1v) is 7.20. The molecule has 1 aliphatic heterocycles. The van der Waals surface area contributed by atoms with Gasteiger partial charge in [-0.15, -0.1) is 0 Å². The first-order chi connectivity index (χ1) is 10.7. The largest absolute Gasteiger partial charge is 0.487 e. The zero-order valence-electron chi connectivity index (χ0n) is 12.4. The van der Waals surface area contributed by atoms with E-state index in [-0.39, 0.29) is 12.0 Å². The van der Waals surface area contributed by atoms with Crippen LogP contribution in [-0.2, 0) is 11.3 Å². The van der Waals surface area contributed by atoms with Crippen molar-refractivity contribution in [2.24, 2.45) is 5.73 Å². The van der Waals surface area contributed by atoms with E-state index in [1.807, 2.05) is 25.1 Å². The highest BCUT2D eigenvalue weighted by molar-refractivity contribution is 6.04. The molecule has 114 valence electrons. The smallest absolute Gasteiger partial charge is 0.251 e. The number of hydrogen-bond acceptors (Lipinski definition) is 4. The molecule has 0 saturated carbocycles. The number of anilines is 1. The number of nitrogens with two attached hydrogens (primary N) is 1. The van der Waals surface area contributed by atoms with Crippen LogP contribution in [0, 0.1) is 0 Å². The summed E-state index contributed by atoms with van der Waals surface area (Å²) >= 11 is 0. The molecule has 0 spiro atoms. The summed E-state index contributed by atoms with van der Waals surface area (Å²) in [5, 5.41) is 0. The predicted octanol–water partition coefficient (Wildman–Crippen LogP) is 2.57. The lowest BCUT2D eigenvalue weighted by Crippen LogP contribution is -2.41. The molecule has 1 amide bonds. The number of amides is 1. The number of carbonyl (C=O) groups is 1. The number of ether oxygens (including phenoxy) is 1. The summed E-state index contributed by atoms with van der Waals surface area (Å²) in [4.78, 5) is 14.2. The van der Waals surface area contributed by atoms with E-state index in [0.717, 1.165) is 11.3 Å². The van der Waals surface area contributed by atoms with Gasteiger partial charge in [-0.1, -0.05) is 6.07 Å². The monoisotopic (exact) mass is 298 g/mol. The minimum absolute atomic E-state index is 0.0681. The second kappa shape index (κ2) is 6.07. The van der Waals surface area contributed by atoms with Gasteiger partial charge in [0.2, 0.25) is 0 Å². The van der Waals surface area contributed by atoms with Crippen LogP contribution in [0.2, 0.25) is 0 Å². The third kappa shape index (κ3) is 2.89. The maximum atomic E-state index is 12.5. The van der Waals surface area contributed by atoms with E-state index in [0.29, 0.717) is 24.6 Å². The third-order valence-corrected chi connectivity index (χ3v) is 3.52. The summed E-state index contributed by atoms with van der Waals surface area (Å²) in [5.41, 5.74) is 7.40. The van der Waals surface area contributed by atoms with Gasteiger partial charge in [0.05, 0.1) is 18.5 Å². The Morgan fingerprint density at radius 2 is 2.32 bits per heavy atom. The van der Waals surface area contributed by atoms with Gasteiger partial charge in [0, 0.05) is 12.6 Å². The molecule has 2 heterocycles. The molecule has 0 fully saturated rings. The molecule has 0 saturated heterocycles. The first-order valence-electron chi connectivity index (χ1n) is 7.20. The summed E-state index contributed by atoms with van der Waals surface area (Å²) in [6.07, 6.45) is 4.68. The van der Waals surface area contributed by atoms with E-state index in [2.05, 4.69) is 0 Å². The molecule has 2 N–H and O–H groups in total. The molecule has 0 bridgehead atoms. The zero-order valence-corrected chi connectivity index (χ0v) is 12.4. The minimum atomic E-state index is -0.103. The molecular weight excluding hydrogens is 280 g/mol. The van der Waals surface area contributed by atoms with Crippen LogP contribution >= 0.6 is 0 Å². The standard InChI is InChI=1S/C17H18N2O3/c1-12-11-19(17(20)7-5-14-3-2-8-21-14)15-6-4-13(10-18)9-16(15)22-12/h2-9,12H,10-11,18H2,1H3/b7-5+. The molecule has 5 nitrogen and oxygen atoms in total. The Morgan fingerprint density at radius 1 is 1.45 bits per heavy atom. The van der Waals surface area contributed by atoms with Gasteiger partial charge < -0.3 is 19.8 Å². The van der Waals surface area contributed by atoms with Crippen LogP contribution in [-0.4, -0.2) is 18.6 Å². The average Bonchev–Trinajstić information content (AvgIpc) is 3.04. The topological polar surface area (TPSA) is 68.7 Å². The Labute approximate surface area is 129 Å². The van der Waals surface area contributed by atoms with Gasteiger partial charge >= 0.3 is 0 Å². The van der Waals surface area contributed by atoms with Crippen LogP contribution in [0.15, 0.2) is 47.1 Å². The van der Waals surface area contributed by atoms with Gasteiger partial charge in [-0.3, -0.25) is 4.79 Å². The van der Waals surface area contributed by atoms with Crippen molar-refractivity contribution < 1.29 is 13.9 Å². The van der Waals surface area contributed by atoms with E-state index in [9.17, 15) is 4.79 Å². The Balaban J connectivity index is 1.86. The number of furan rings is 1. The second-order valence-corrected chi connectivity index (χ2v) is 5.23. The molecule has 1 aromatic carbocycles. The third-order valence-electron chi connectivity index (χ3n) is 3.52. The van der Waals surface area contributed by atoms with Crippen LogP contribution in [0.5, 0.6) is 5.75 Å². The van der Waals surface area contributed by atoms with Crippen LogP contribution in [0.3, 0.4) is 0 Å². The minimum Gasteiger partial charge on any atom is -0.487 e. The number of nitrogens with zero attached hydrogens (tertiary/aromatic N) is 1. The van der Waals surface area contributed by atoms with Crippen molar-refractivity contribution >= 4 is 17.7 Å². The SMILES string of the molecule is CC1CN(C(=O)/C=C/c2ccco2)c2ccc(CN)cc2O1. The molecule has 0 aliphatic carbocycles. The van der Waals surface area contributed by atoms with Crippen molar-refractivity contribution in [2.75, 3.05) is 11.4 Å². The summed E-state index contributed by atoms with van der Waals surface area (Å²) in [6.45, 7) is 2.89. The maximum absolute atomic E-state index is 12.5. The molecule has 1 aromatic heterocycles. The van der Waals surface area contributed by atoms with Gasteiger partial charge in [-0.25, -0.2) is 0 Å². The van der Waals surface area contributed by atoms with Crippen molar-refractivity contribution in [3.63, 3.8) is 0 Å². The molecule has 1 unspecified atom stereocenters. The van der Waals surface area contributed by atoms with Crippen LogP contribution < -0.4 is 15.4 Å². The van der Waals surface area contributed by atoms with Crippen molar-refractivity contribution in [1.82, 2.24) is 0 Å². The molecule has 3 rings (SSSR count). The summed E-state index contributed by atoms with van der Waals surface area (Å²) in [5.74, 6) is 1.24. The van der Waals surface area contributed by atoms with Crippen molar-refractivity contribution in [3.05, 3.63) is 54.0 Å². The van der Waals surface area contributed by atoms with E-state index >= 15 is 0 Å². The number of fused-ring (bicyclic) bond motifs is 1. The van der Waals surface area contributed by atoms with Gasteiger partial charge in [0.25, 0.3) is 5.91 Å². The number of carbonyl (C=O) groups excluding carboxylic acids is 1. The Kier molecular flexibility index (Phi) is 3.98. The Hall–Kier alpha value is -2.53. The summed E-state index contributed by atoms with van der Waals surface area (Å²) in [7, 11) is 0. The molecule has 2 aromatic rings. The average molecular weight is 298 g/mol. The fourth-order valence-corrected chi connectivity index (χ4v) is 2.45. The Morgan fingerprint density at radius 3 is 3.05 bits per heavy atom. The number of rotatable bonds is 3. The highest BCUT2D eigenvalue weighted by Gasteiger charge is 2.26. The van der Waals surface area contributed by atoms with Gasteiger partial charge in [0.1, 0.15) is 17.6 Å². The van der Waals surface area contributed by atoms with E-state index < -0.39 is 0 Å². The van der Waals surface area contributed by atoms with Gasteiger partial charge in [0.15, 0.2) is 0 Å².